The zero-order chi connectivity index (χ0) is 12.7. The van der Waals surface area contributed by atoms with Gasteiger partial charge < -0.3 is 5.32 Å². The summed E-state index contributed by atoms with van der Waals surface area (Å²) in [6, 6.07) is 0. The Balaban J connectivity index is 3.80. The topological polar surface area (TPSA) is 110 Å². The third-order valence-corrected chi connectivity index (χ3v) is 3.72. The summed E-state index contributed by atoms with van der Waals surface area (Å²) in [5.41, 5.74) is 0. The SMILES string of the molecule is CCCNCCS(=O)(=O)CCOS(=O)(=O)O. The van der Waals surface area contributed by atoms with Crippen LogP contribution in [0.2, 0.25) is 0 Å². The van der Waals surface area contributed by atoms with Gasteiger partial charge in [-0.1, -0.05) is 6.92 Å². The van der Waals surface area contributed by atoms with Gasteiger partial charge in [0.1, 0.15) is 0 Å². The Morgan fingerprint density at radius 3 is 2.25 bits per heavy atom. The molecule has 0 unspecified atom stereocenters. The second kappa shape index (κ2) is 7.17. The Labute approximate surface area is 96.1 Å². The van der Waals surface area contributed by atoms with Gasteiger partial charge in [-0.25, -0.2) is 12.6 Å². The Hall–Kier alpha value is -0.220. The molecule has 9 heteroatoms. The van der Waals surface area contributed by atoms with Gasteiger partial charge >= 0.3 is 10.4 Å². The molecule has 0 aromatic heterocycles. The minimum Gasteiger partial charge on any atom is -0.316 e. The van der Waals surface area contributed by atoms with Crippen molar-refractivity contribution in [1.29, 1.82) is 0 Å². The molecule has 0 spiro atoms. The molecule has 0 aromatic rings. The maximum absolute atomic E-state index is 11.3. The number of rotatable bonds is 9. The predicted molar refractivity (Wildman–Crippen MR) is 59.3 cm³/mol. The molecule has 0 saturated carbocycles. The van der Waals surface area contributed by atoms with E-state index in [9.17, 15) is 16.8 Å². The molecule has 0 atom stereocenters. The molecule has 0 radical (unpaired) electrons. The van der Waals surface area contributed by atoms with Gasteiger partial charge in [-0.2, -0.15) is 8.42 Å². The first kappa shape index (κ1) is 15.8. The molecule has 0 saturated heterocycles. The van der Waals surface area contributed by atoms with Crippen molar-refractivity contribution in [2.75, 3.05) is 31.2 Å². The summed E-state index contributed by atoms with van der Waals surface area (Å²) >= 11 is 0. The zero-order valence-electron chi connectivity index (χ0n) is 9.05. The van der Waals surface area contributed by atoms with Crippen molar-refractivity contribution in [3.05, 3.63) is 0 Å². The first-order valence-electron chi connectivity index (χ1n) is 4.80. The molecule has 98 valence electrons. The number of nitrogens with one attached hydrogen (secondary N) is 1. The van der Waals surface area contributed by atoms with E-state index in [1.54, 1.807) is 0 Å². The third-order valence-electron chi connectivity index (χ3n) is 1.64. The van der Waals surface area contributed by atoms with E-state index in [1.807, 2.05) is 6.92 Å². The lowest BCUT2D eigenvalue weighted by Gasteiger charge is -2.04. The Kier molecular flexibility index (Phi) is 7.07. The molecular formula is C7H17NO6S2. The van der Waals surface area contributed by atoms with Crippen molar-refractivity contribution < 1.29 is 25.6 Å². The van der Waals surface area contributed by atoms with Gasteiger partial charge in [-0.15, -0.1) is 0 Å². The van der Waals surface area contributed by atoms with Crippen LogP contribution in [0.1, 0.15) is 13.3 Å². The van der Waals surface area contributed by atoms with Crippen molar-refractivity contribution in [3.8, 4) is 0 Å². The molecule has 0 fully saturated rings. The summed E-state index contributed by atoms with van der Waals surface area (Å²) in [7, 11) is -7.90. The molecule has 0 bridgehead atoms. The number of hydrogen-bond donors (Lipinski definition) is 2. The highest BCUT2D eigenvalue weighted by atomic mass is 32.3. The van der Waals surface area contributed by atoms with E-state index in [0.29, 0.717) is 6.54 Å². The van der Waals surface area contributed by atoms with E-state index < -0.39 is 32.6 Å². The van der Waals surface area contributed by atoms with Crippen molar-refractivity contribution in [2.45, 2.75) is 13.3 Å². The fourth-order valence-corrected chi connectivity index (χ4v) is 2.29. The van der Waals surface area contributed by atoms with Crippen LogP contribution >= 0.6 is 0 Å². The maximum atomic E-state index is 11.3. The van der Waals surface area contributed by atoms with E-state index >= 15 is 0 Å². The van der Waals surface area contributed by atoms with Crippen LogP contribution < -0.4 is 5.32 Å². The Morgan fingerprint density at radius 1 is 1.12 bits per heavy atom. The second-order valence-electron chi connectivity index (χ2n) is 3.15. The smallest absolute Gasteiger partial charge is 0.316 e. The molecular weight excluding hydrogens is 258 g/mol. The largest absolute Gasteiger partial charge is 0.397 e. The molecule has 7 nitrogen and oxygen atoms in total. The highest BCUT2D eigenvalue weighted by Crippen LogP contribution is 1.93. The van der Waals surface area contributed by atoms with Crippen LogP contribution in [-0.4, -0.2) is 52.6 Å². The van der Waals surface area contributed by atoms with Gasteiger partial charge in [0, 0.05) is 6.54 Å². The van der Waals surface area contributed by atoms with Crippen LogP contribution in [-0.2, 0) is 24.4 Å². The number of hydrogen-bond acceptors (Lipinski definition) is 6. The molecule has 0 aromatic carbocycles. The fraction of sp³-hybridized carbons (Fsp3) is 1.00. The highest BCUT2D eigenvalue weighted by molar-refractivity contribution is 7.91. The summed E-state index contributed by atoms with van der Waals surface area (Å²) in [4.78, 5) is 0. The molecule has 0 aliphatic rings. The Morgan fingerprint density at radius 2 is 1.75 bits per heavy atom. The molecule has 16 heavy (non-hydrogen) atoms. The van der Waals surface area contributed by atoms with Crippen LogP contribution in [0.15, 0.2) is 0 Å². The van der Waals surface area contributed by atoms with E-state index in [1.165, 1.54) is 0 Å². The van der Waals surface area contributed by atoms with Gasteiger partial charge in [0.25, 0.3) is 0 Å². The molecule has 2 N–H and O–H groups in total. The maximum Gasteiger partial charge on any atom is 0.397 e. The van der Waals surface area contributed by atoms with Crippen molar-refractivity contribution in [2.24, 2.45) is 0 Å². The van der Waals surface area contributed by atoms with Crippen LogP contribution in [0, 0.1) is 0 Å². The quantitative estimate of drug-likeness (QED) is 0.419. The lowest BCUT2D eigenvalue weighted by Crippen LogP contribution is -2.26. The average Bonchev–Trinajstić information content (AvgIpc) is 2.10. The first-order valence-corrected chi connectivity index (χ1v) is 7.98. The normalized spacial score (nSPS) is 12.9. The summed E-state index contributed by atoms with van der Waals surface area (Å²) in [5, 5.41) is 2.91. The summed E-state index contributed by atoms with van der Waals surface area (Å²) in [5.74, 6) is -0.511. The van der Waals surface area contributed by atoms with Crippen molar-refractivity contribution in [3.63, 3.8) is 0 Å². The van der Waals surface area contributed by atoms with Gasteiger partial charge in [0.05, 0.1) is 18.1 Å². The van der Waals surface area contributed by atoms with Crippen LogP contribution in [0.25, 0.3) is 0 Å². The molecule has 0 amide bonds. The van der Waals surface area contributed by atoms with E-state index in [2.05, 4.69) is 9.50 Å². The minimum atomic E-state index is -4.56. The lowest BCUT2D eigenvalue weighted by atomic mass is 10.5. The minimum absolute atomic E-state index is 0.0815. The second-order valence-corrected chi connectivity index (χ2v) is 6.55. The van der Waals surface area contributed by atoms with Gasteiger partial charge in [0.15, 0.2) is 9.84 Å². The van der Waals surface area contributed by atoms with Gasteiger partial charge in [0.2, 0.25) is 0 Å². The molecule has 0 rings (SSSR count). The number of sulfone groups is 1. The highest BCUT2D eigenvalue weighted by Gasteiger charge is 2.12. The summed E-state index contributed by atoms with van der Waals surface area (Å²) in [6.07, 6.45) is 0.909. The fourth-order valence-electron chi connectivity index (χ4n) is 0.898. The van der Waals surface area contributed by atoms with Crippen LogP contribution in [0.3, 0.4) is 0 Å². The van der Waals surface area contributed by atoms with Gasteiger partial charge in [-0.3, -0.25) is 4.55 Å². The Bertz CT molecular complexity index is 374. The molecule has 0 aliphatic carbocycles. The van der Waals surface area contributed by atoms with Gasteiger partial charge in [-0.05, 0) is 13.0 Å². The van der Waals surface area contributed by atoms with Crippen LogP contribution in [0.4, 0.5) is 0 Å². The van der Waals surface area contributed by atoms with E-state index in [-0.39, 0.29) is 5.75 Å². The van der Waals surface area contributed by atoms with E-state index in [0.717, 1.165) is 13.0 Å². The molecule has 0 heterocycles. The van der Waals surface area contributed by atoms with Crippen molar-refractivity contribution in [1.82, 2.24) is 5.32 Å². The predicted octanol–water partition coefficient (Wildman–Crippen LogP) is -0.780. The third kappa shape index (κ3) is 10.3. The lowest BCUT2D eigenvalue weighted by molar-refractivity contribution is 0.284. The zero-order valence-corrected chi connectivity index (χ0v) is 10.7. The monoisotopic (exact) mass is 275 g/mol. The summed E-state index contributed by atoms with van der Waals surface area (Å²) < 4.78 is 55.0. The molecule has 0 aliphatic heterocycles. The first-order chi connectivity index (χ1) is 7.27. The summed E-state index contributed by atoms with van der Waals surface area (Å²) in [6.45, 7) is 2.45. The standard InChI is InChI=1S/C7H17NO6S2/c1-2-3-8-4-6-15(9,10)7-5-14-16(11,12)13/h8H,2-7H2,1H3,(H,11,12,13). The van der Waals surface area contributed by atoms with Crippen molar-refractivity contribution >= 4 is 20.2 Å². The van der Waals surface area contributed by atoms with E-state index in [4.69, 9.17) is 4.55 Å². The average molecular weight is 275 g/mol. The van der Waals surface area contributed by atoms with Crippen LogP contribution in [0.5, 0.6) is 0 Å².